The van der Waals surface area contributed by atoms with E-state index in [0.29, 0.717) is 5.13 Å². The van der Waals surface area contributed by atoms with E-state index in [0.717, 1.165) is 28.2 Å². The monoisotopic (exact) mass is 480 g/mol. The van der Waals surface area contributed by atoms with Gasteiger partial charge in [-0.05, 0) is 28.3 Å². The Kier molecular flexibility index (Phi) is 7.07. The average Bonchev–Trinajstić information content (AvgIpc) is 3.32. The third-order valence-electron chi connectivity index (χ3n) is 4.94. The van der Waals surface area contributed by atoms with Crippen LogP contribution in [0, 0.1) is 0 Å². The van der Waals surface area contributed by atoms with Crippen LogP contribution < -0.4 is 5.32 Å². The zero-order chi connectivity index (χ0) is 23.1. The number of carbonyl (C=O) groups is 1. The number of hydrogen-bond donors (Lipinski definition) is 1. The molecule has 0 fully saturated rings. The Balaban J connectivity index is 1.87. The lowest BCUT2D eigenvalue weighted by atomic mass is 9.77. The minimum absolute atomic E-state index is 0.0564. The summed E-state index contributed by atoms with van der Waals surface area (Å²) < 4.78 is 16.6. The highest BCUT2D eigenvalue weighted by Gasteiger charge is 2.37. The van der Waals surface area contributed by atoms with Gasteiger partial charge in [0.05, 0.1) is 0 Å². The molecule has 6 nitrogen and oxygen atoms in total. The second-order valence-electron chi connectivity index (χ2n) is 6.85. The van der Waals surface area contributed by atoms with Gasteiger partial charge in [0, 0.05) is 11.5 Å². The molecular formula is C24H18ClFN4O2S. The van der Waals surface area contributed by atoms with Crippen LogP contribution in [0.25, 0.3) is 0 Å². The van der Waals surface area contributed by atoms with Crippen LogP contribution in [-0.4, -0.2) is 27.2 Å². The van der Waals surface area contributed by atoms with Gasteiger partial charge >= 0.3 is 0 Å². The Morgan fingerprint density at radius 2 is 1.42 bits per heavy atom. The van der Waals surface area contributed by atoms with E-state index in [1.54, 1.807) is 0 Å². The Morgan fingerprint density at radius 1 is 0.939 bits per heavy atom. The van der Waals surface area contributed by atoms with Crippen molar-refractivity contribution in [2.24, 2.45) is 5.16 Å². The van der Waals surface area contributed by atoms with Crippen molar-refractivity contribution < 1.29 is 14.0 Å². The van der Waals surface area contributed by atoms with E-state index >= 15 is 0 Å². The summed E-state index contributed by atoms with van der Waals surface area (Å²) in [6, 6.07) is 29.8. The molecule has 0 spiro atoms. The molecule has 0 unspecified atom stereocenters. The number of alkyl halides is 1. The van der Waals surface area contributed by atoms with Crippen LogP contribution in [0.4, 0.5) is 9.52 Å². The second kappa shape index (κ2) is 10.3. The highest BCUT2D eigenvalue weighted by Crippen LogP contribution is 2.40. The largest absolute Gasteiger partial charge is 0.361 e. The third-order valence-corrected chi connectivity index (χ3v) is 5.75. The third kappa shape index (κ3) is 4.76. The molecule has 0 saturated heterocycles. The summed E-state index contributed by atoms with van der Waals surface area (Å²) >= 11 is 6.60. The predicted octanol–water partition coefficient (Wildman–Crippen LogP) is 5.36. The first kappa shape index (κ1) is 22.6. The van der Waals surface area contributed by atoms with Crippen LogP contribution in [0.15, 0.2) is 96.2 Å². The van der Waals surface area contributed by atoms with Crippen LogP contribution >= 0.6 is 23.1 Å². The van der Waals surface area contributed by atoms with Crippen molar-refractivity contribution in [3.05, 3.63) is 114 Å². The number of aromatic nitrogens is 2. The van der Waals surface area contributed by atoms with Gasteiger partial charge in [0.2, 0.25) is 16.7 Å². The maximum absolute atomic E-state index is 12.4. The number of benzene rings is 3. The van der Waals surface area contributed by atoms with Crippen molar-refractivity contribution in [1.82, 2.24) is 9.36 Å². The first-order chi connectivity index (χ1) is 16.1. The summed E-state index contributed by atoms with van der Waals surface area (Å²) in [7, 11) is 0. The first-order valence-corrected chi connectivity index (χ1v) is 11.0. The molecule has 166 valence electrons. The molecule has 0 aliphatic carbocycles. The normalized spacial score (nSPS) is 11.8. The highest BCUT2D eigenvalue weighted by atomic mass is 35.5. The summed E-state index contributed by atoms with van der Waals surface area (Å²) in [5.41, 5.74) is 1.73. The lowest BCUT2D eigenvalue weighted by Crippen LogP contribution is -2.38. The van der Waals surface area contributed by atoms with Crippen LogP contribution in [0.5, 0.6) is 0 Å². The van der Waals surface area contributed by atoms with E-state index in [4.69, 9.17) is 11.6 Å². The van der Waals surface area contributed by atoms with Crippen molar-refractivity contribution >= 4 is 39.2 Å². The zero-order valence-corrected chi connectivity index (χ0v) is 18.8. The molecule has 1 N–H and O–H groups in total. The van der Waals surface area contributed by atoms with Gasteiger partial charge < -0.3 is 10.2 Å². The van der Waals surface area contributed by atoms with Crippen molar-refractivity contribution in [1.29, 1.82) is 0 Å². The Hall–Kier alpha value is -3.62. The minimum Gasteiger partial charge on any atom is -0.361 e. The van der Waals surface area contributed by atoms with Crippen LogP contribution in [0.3, 0.4) is 0 Å². The SMILES string of the molecule is O=C(Cl)C(=NOCF)c1nsc(NC(c2ccccc2)(c2ccccc2)c2ccccc2)n1. The number of hydrogen-bond acceptors (Lipinski definition) is 7. The van der Waals surface area contributed by atoms with Crippen molar-refractivity contribution in [3.8, 4) is 0 Å². The number of halogens is 2. The van der Waals surface area contributed by atoms with Gasteiger partial charge in [-0.25, -0.2) is 4.39 Å². The van der Waals surface area contributed by atoms with E-state index in [9.17, 15) is 9.18 Å². The van der Waals surface area contributed by atoms with Crippen molar-refractivity contribution in [2.45, 2.75) is 5.54 Å². The smallest absolute Gasteiger partial charge is 0.278 e. The first-order valence-electron chi connectivity index (χ1n) is 9.89. The van der Waals surface area contributed by atoms with E-state index in [1.807, 2.05) is 91.0 Å². The number of nitrogens with zero attached hydrogens (tertiary/aromatic N) is 3. The van der Waals surface area contributed by atoms with Crippen LogP contribution in [-0.2, 0) is 15.2 Å². The topological polar surface area (TPSA) is 76.5 Å². The number of nitrogens with one attached hydrogen (secondary N) is 1. The fourth-order valence-electron chi connectivity index (χ4n) is 3.57. The Morgan fingerprint density at radius 3 is 1.85 bits per heavy atom. The molecular weight excluding hydrogens is 463 g/mol. The highest BCUT2D eigenvalue weighted by molar-refractivity contribution is 7.10. The number of oxime groups is 1. The van der Waals surface area contributed by atoms with Crippen LogP contribution in [0.2, 0.25) is 0 Å². The fourth-order valence-corrected chi connectivity index (χ4v) is 4.31. The number of anilines is 1. The summed E-state index contributed by atoms with van der Waals surface area (Å²) in [4.78, 5) is 20.5. The molecule has 0 saturated carbocycles. The maximum atomic E-state index is 12.4. The Labute approximate surface area is 198 Å². The molecule has 4 aromatic rings. The summed E-state index contributed by atoms with van der Waals surface area (Å²) in [6.07, 6.45) is 0. The number of carbonyl (C=O) groups excluding carboxylic acids is 1. The van der Waals surface area contributed by atoms with E-state index in [1.165, 1.54) is 0 Å². The van der Waals surface area contributed by atoms with Gasteiger partial charge in [0.15, 0.2) is 0 Å². The fraction of sp³-hybridized carbons (Fsp3) is 0.0833. The molecule has 1 aromatic heterocycles. The van der Waals surface area contributed by atoms with Crippen molar-refractivity contribution in [3.63, 3.8) is 0 Å². The van der Waals surface area contributed by atoms with E-state index < -0.39 is 17.6 Å². The molecule has 33 heavy (non-hydrogen) atoms. The summed E-state index contributed by atoms with van der Waals surface area (Å²) in [6.45, 7) is -1.21. The molecule has 0 aliphatic heterocycles. The average molecular weight is 481 g/mol. The van der Waals surface area contributed by atoms with Gasteiger partial charge in [0.25, 0.3) is 12.1 Å². The minimum atomic E-state index is -1.21. The molecule has 0 amide bonds. The Bertz CT molecular complexity index is 1140. The molecule has 1 heterocycles. The lowest BCUT2D eigenvalue weighted by Gasteiger charge is -2.36. The summed E-state index contributed by atoms with van der Waals surface area (Å²) in [5, 5.41) is 6.40. The van der Waals surface area contributed by atoms with Gasteiger partial charge in [-0.1, -0.05) is 96.2 Å². The standard InChI is InChI=1S/C24H18ClFN4O2S/c25-21(31)20(29-32-16-26)22-27-23(33-30-22)28-24(17-10-4-1-5-11-17,18-12-6-2-7-13-18)19-14-8-3-9-15-19/h1-15H,16H2,(H,27,28,30). The lowest BCUT2D eigenvalue weighted by molar-refractivity contribution is -0.106. The quantitative estimate of drug-likeness (QED) is 0.151. The molecule has 9 heteroatoms. The van der Waals surface area contributed by atoms with Gasteiger partial charge in [-0.15, -0.1) is 0 Å². The molecule has 4 rings (SSSR count). The van der Waals surface area contributed by atoms with E-state index in [-0.39, 0.29) is 11.5 Å². The van der Waals surface area contributed by atoms with Gasteiger partial charge in [-0.2, -0.15) is 9.36 Å². The van der Waals surface area contributed by atoms with Gasteiger partial charge in [-0.3, -0.25) is 4.79 Å². The predicted molar refractivity (Wildman–Crippen MR) is 127 cm³/mol. The molecule has 0 atom stereocenters. The summed E-state index contributed by atoms with van der Waals surface area (Å²) in [5.74, 6) is -0.0564. The second-order valence-corrected chi connectivity index (χ2v) is 7.94. The molecule has 0 radical (unpaired) electrons. The number of rotatable bonds is 9. The van der Waals surface area contributed by atoms with Gasteiger partial charge in [0.1, 0.15) is 5.54 Å². The molecule has 3 aromatic carbocycles. The van der Waals surface area contributed by atoms with Crippen LogP contribution in [0.1, 0.15) is 22.5 Å². The molecule has 0 aliphatic rings. The van der Waals surface area contributed by atoms with Crippen molar-refractivity contribution in [2.75, 3.05) is 12.2 Å². The molecule has 0 bridgehead atoms. The zero-order valence-electron chi connectivity index (χ0n) is 17.2. The maximum Gasteiger partial charge on any atom is 0.278 e. The van der Waals surface area contributed by atoms with E-state index in [2.05, 4.69) is 24.7 Å².